The molecule has 8 nitrogen and oxygen atoms in total. The van der Waals surface area contributed by atoms with Gasteiger partial charge in [-0.3, -0.25) is 4.79 Å². The molecule has 1 saturated heterocycles. The molecule has 1 aliphatic rings. The number of anilines is 2. The number of nitrogens with one attached hydrogen (secondary N) is 1. The van der Waals surface area contributed by atoms with Crippen LogP contribution in [0.1, 0.15) is 22.8 Å². The third-order valence-electron chi connectivity index (χ3n) is 5.37. The van der Waals surface area contributed by atoms with Gasteiger partial charge in [0.25, 0.3) is 5.91 Å². The van der Waals surface area contributed by atoms with Gasteiger partial charge in [0.05, 0.1) is 17.1 Å². The molecular formula is C21H25N7O. The number of benzene rings is 2. The minimum Gasteiger partial charge on any atom is -0.367 e. The zero-order valence-corrected chi connectivity index (χ0v) is 16.7. The number of nitrogens with zero attached hydrogens (tertiary/aromatic N) is 6. The Morgan fingerprint density at radius 2 is 1.86 bits per heavy atom. The minimum atomic E-state index is -0.129. The van der Waals surface area contributed by atoms with Gasteiger partial charge in [0.15, 0.2) is 0 Å². The Labute approximate surface area is 170 Å². The third kappa shape index (κ3) is 4.12. The van der Waals surface area contributed by atoms with Gasteiger partial charge in [-0.1, -0.05) is 19.1 Å². The van der Waals surface area contributed by atoms with Crippen molar-refractivity contribution in [2.24, 2.45) is 0 Å². The van der Waals surface area contributed by atoms with Gasteiger partial charge in [0.2, 0.25) is 0 Å². The van der Waals surface area contributed by atoms with E-state index in [4.69, 9.17) is 0 Å². The van der Waals surface area contributed by atoms with Crippen molar-refractivity contribution in [3.8, 4) is 5.69 Å². The summed E-state index contributed by atoms with van der Waals surface area (Å²) in [6.07, 6.45) is 1.54. The molecule has 29 heavy (non-hydrogen) atoms. The van der Waals surface area contributed by atoms with Gasteiger partial charge in [0, 0.05) is 31.7 Å². The summed E-state index contributed by atoms with van der Waals surface area (Å²) in [5, 5.41) is 14.3. The molecule has 1 aliphatic heterocycles. The second-order valence-electron chi connectivity index (χ2n) is 7.15. The Balaban J connectivity index is 1.51. The van der Waals surface area contributed by atoms with Crippen LogP contribution in [0.2, 0.25) is 0 Å². The van der Waals surface area contributed by atoms with Crippen molar-refractivity contribution in [3.63, 3.8) is 0 Å². The van der Waals surface area contributed by atoms with Crippen molar-refractivity contribution in [2.75, 3.05) is 42.9 Å². The molecule has 1 fully saturated rings. The second-order valence-corrected chi connectivity index (χ2v) is 7.15. The average molecular weight is 391 g/mol. The van der Waals surface area contributed by atoms with E-state index >= 15 is 0 Å². The van der Waals surface area contributed by atoms with E-state index in [2.05, 4.69) is 43.6 Å². The number of aryl methyl sites for hydroxylation is 1. The highest BCUT2D eigenvalue weighted by Gasteiger charge is 2.19. The fourth-order valence-electron chi connectivity index (χ4n) is 3.68. The van der Waals surface area contributed by atoms with Crippen LogP contribution in [0.25, 0.3) is 5.69 Å². The standard InChI is InChI=1S/C21H25N7O/c1-3-26-10-12-27(13-11-26)20-7-5-4-6-18(20)23-21(29)17-8-9-19(16(2)14-17)28-15-22-24-25-28/h4-9,14-15H,3,10-13H2,1-2H3,(H,23,29). The van der Waals surface area contributed by atoms with E-state index in [-0.39, 0.29) is 5.91 Å². The predicted octanol–water partition coefficient (Wildman–Crippen LogP) is 2.36. The molecule has 0 atom stereocenters. The van der Waals surface area contributed by atoms with Gasteiger partial charge < -0.3 is 15.1 Å². The van der Waals surface area contributed by atoms with Gasteiger partial charge in [-0.25, -0.2) is 4.68 Å². The number of carbonyl (C=O) groups is 1. The van der Waals surface area contributed by atoms with Crippen LogP contribution < -0.4 is 10.2 Å². The molecule has 1 amide bonds. The van der Waals surface area contributed by atoms with Crippen molar-refractivity contribution < 1.29 is 4.79 Å². The number of rotatable bonds is 5. The maximum absolute atomic E-state index is 12.9. The molecule has 0 bridgehead atoms. The largest absolute Gasteiger partial charge is 0.367 e. The van der Waals surface area contributed by atoms with Crippen LogP contribution in [-0.2, 0) is 0 Å². The molecule has 1 aromatic heterocycles. The summed E-state index contributed by atoms with van der Waals surface area (Å²) in [4.78, 5) is 17.7. The van der Waals surface area contributed by atoms with Crippen LogP contribution in [0.3, 0.4) is 0 Å². The van der Waals surface area contributed by atoms with E-state index in [1.54, 1.807) is 10.7 Å². The molecule has 0 spiro atoms. The van der Waals surface area contributed by atoms with Gasteiger partial charge in [-0.15, -0.1) is 5.10 Å². The fraction of sp³-hybridized carbons (Fsp3) is 0.333. The predicted molar refractivity (Wildman–Crippen MR) is 113 cm³/mol. The lowest BCUT2D eigenvalue weighted by Gasteiger charge is -2.36. The lowest BCUT2D eigenvalue weighted by Crippen LogP contribution is -2.46. The highest BCUT2D eigenvalue weighted by molar-refractivity contribution is 6.06. The first-order valence-corrected chi connectivity index (χ1v) is 9.87. The van der Waals surface area contributed by atoms with Gasteiger partial charge in [-0.05, 0) is 59.8 Å². The van der Waals surface area contributed by atoms with Crippen molar-refractivity contribution in [2.45, 2.75) is 13.8 Å². The van der Waals surface area contributed by atoms with Crippen molar-refractivity contribution >= 4 is 17.3 Å². The Bertz CT molecular complexity index is 978. The highest BCUT2D eigenvalue weighted by Crippen LogP contribution is 2.27. The summed E-state index contributed by atoms with van der Waals surface area (Å²) in [6.45, 7) is 9.20. The van der Waals surface area contributed by atoms with E-state index in [1.807, 2.05) is 37.3 Å². The summed E-state index contributed by atoms with van der Waals surface area (Å²) in [6, 6.07) is 13.5. The van der Waals surface area contributed by atoms with Crippen LogP contribution in [0.5, 0.6) is 0 Å². The summed E-state index contributed by atoms with van der Waals surface area (Å²) in [5.41, 5.74) is 4.28. The Morgan fingerprint density at radius 1 is 1.07 bits per heavy atom. The normalized spacial score (nSPS) is 14.8. The molecule has 3 aromatic rings. The smallest absolute Gasteiger partial charge is 0.255 e. The maximum atomic E-state index is 12.9. The summed E-state index contributed by atoms with van der Waals surface area (Å²) in [5.74, 6) is -0.129. The Kier molecular flexibility index (Phi) is 5.53. The summed E-state index contributed by atoms with van der Waals surface area (Å²) in [7, 11) is 0. The van der Waals surface area contributed by atoms with E-state index in [0.717, 1.165) is 55.3 Å². The molecule has 0 saturated carbocycles. The molecule has 150 valence electrons. The average Bonchev–Trinajstić information content (AvgIpc) is 3.29. The first-order chi connectivity index (χ1) is 14.2. The Hall–Kier alpha value is -3.26. The number of amides is 1. The molecule has 2 heterocycles. The molecule has 8 heteroatoms. The van der Waals surface area contributed by atoms with Crippen LogP contribution in [0.15, 0.2) is 48.8 Å². The van der Waals surface area contributed by atoms with E-state index in [1.165, 1.54) is 6.33 Å². The molecular weight excluding hydrogens is 366 g/mol. The van der Waals surface area contributed by atoms with Crippen LogP contribution in [0.4, 0.5) is 11.4 Å². The second kappa shape index (κ2) is 8.40. The van der Waals surface area contributed by atoms with Crippen LogP contribution in [0, 0.1) is 6.92 Å². The highest BCUT2D eigenvalue weighted by atomic mass is 16.1. The molecule has 0 aliphatic carbocycles. The van der Waals surface area contributed by atoms with Gasteiger partial charge >= 0.3 is 0 Å². The SMILES string of the molecule is CCN1CCN(c2ccccc2NC(=O)c2ccc(-n3cnnn3)c(C)c2)CC1. The zero-order chi connectivity index (χ0) is 20.2. The van der Waals surface area contributed by atoms with Crippen molar-refractivity contribution in [1.29, 1.82) is 0 Å². The topological polar surface area (TPSA) is 79.2 Å². The zero-order valence-electron chi connectivity index (χ0n) is 16.7. The molecule has 0 radical (unpaired) electrons. The number of hydrogen-bond acceptors (Lipinski definition) is 6. The number of para-hydroxylation sites is 2. The minimum absolute atomic E-state index is 0.129. The lowest BCUT2D eigenvalue weighted by molar-refractivity contribution is 0.102. The Morgan fingerprint density at radius 3 is 2.55 bits per heavy atom. The van der Waals surface area contributed by atoms with E-state index in [9.17, 15) is 4.79 Å². The number of likely N-dealkylation sites (N-methyl/N-ethyl adjacent to an activating group) is 1. The number of aromatic nitrogens is 4. The third-order valence-corrected chi connectivity index (χ3v) is 5.37. The summed E-state index contributed by atoms with van der Waals surface area (Å²) >= 11 is 0. The van der Waals surface area contributed by atoms with Gasteiger partial charge in [-0.2, -0.15) is 0 Å². The number of hydrogen-bond donors (Lipinski definition) is 1. The van der Waals surface area contributed by atoms with E-state index in [0.29, 0.717) is 5.56 Å². The molecule has 1 N–H and O–H groups in total. The lowest BCUT2D eigenvalue weighted by atomic mass is 10.1. The monoisotopic (exact) mass is 391 g/mol. The number of tetrazole rings is 1. The quantitative estimate of drug-likeness (QED) is 0.719. The van der Waals surface area contributed by atoms with Gasteiger partial charge in [0.1, 0.15) is 6.33 Å². The first-order valence-electron chi connectivity index (χ1n) is 9.87. The van der Waals surface area contributed by atoms with Crippen molar-refractivity contribution in [3.05, 3.63) is 59.9 Å². The first kappa shape index (κ1) is 19.1. The number of piperazine rings is 1. The van der Waals surface area contributed by atoms with Crippen molar-refractivity contribution in [1.82, 2.24) is 25.1 Å². The summed E-state index contributed by atoms with van der Waals surface area (Å²) < 4.78 is 1.59. The maximum Gasteiger partial charge on any atom is 0.255 e. The van der Waals surface area contributed by atoms with Crippen LogP contribution >= 0.6 is 0 Å². The molecule has 0 unspecified atom stereocenters. The molecule has 2 aromatic carbocycles. The van der Waals surface area contributed by atoms with E-state index < -0.39 is 0 Å². The molecule has 4 rings (SSSR count). The number of carbonyl (C=O) groups excluding carboxylic acids is 1. The van der Waals surface area contributed by atoms with Crippen LogP contribution in [-0.4, -0.2) is 63.7 Å². The fourth-order valence-corrected chi connectivity index (χ4v) is 3.68.